The van der Waals surface area contributed by atoms with Crippen molar-refractivity contribution in [1.29, 1.82) is 5.26 Å². The van der Waals surface area contributed by atoms with Crippen molar-refractivity contribution in [2.45, 2.75) is 25.9 Å². The van der Waals surface area contributed by atoms with Crippen molar-refractivity contribution in [1.82, 2.24) is 4.90 Å². The molecule has 1 aromatic rings. The molecule has 0 saturated carbocycles. The zero-order chi connectivity index (χ0) is 15.0. The third kappa shape index (κ3) is 6.32. The van der Waals surface area contributed by atoms with Crippen LogP contribution in [0.3, 0.4) is 0 Å². The van der Waals surface area contributed by atoms with Crippen LogP contribution in [0.1, 0.15) is 25.3 Å². The summed E-state index contributed by atoms with van der Waals surface area (Å²) in [6.45, 7) is 3.15. The summed E-state index contributed by atoms with van der Waals surface area (Å²) >= 11 is 0. The Kier molecular flexibility index (Phi) is 6.71. The summed E-state index contributed by atoms with van der Waals surface area (Å²) in [4.78, 5) is 13.8. The van der Waals surface area contributed by atoms with Crippen LogP contribution in [0.2, 0.25) is 0 Å². The molecule has 1 amide bonds. The van der Waals surface area contributed by atoms with Crippen LogP contribution in [0.25, 0.3) is 0 Å². The lowest BCUT2D eigenvalue weighted by molar-refractivity contribution is -0.116. The summed E-state index contributed by atoms with van der Waals surface area (Å²) in [5, 5.41) is 20.7. The highest BCUT2D eigenvalue weighted by molar-refractivity contribution is 5.90. The van der Waals surface area contributed by atoms with Crippen molar-refractivity contribution in [3.8, 4) is 6.07 Å². The number of rotatable bonds is 7. The number of hydrogen-bond donors (Lipinski definition) is 2. The van der Waals surface area contributed by atoms with Gasteiger partial charge in [-0.05, 0) is 38.6 Å². The van der Waals surface area contributed by atoms with Gasteiger partial charge in [-0.2, -0.15) is 5.26 Å². The summed E-state index contributed by atoms with van der Waals surface area (Å²) in [6.07, 6.45) is 0.759. The molecule has 0 bridgehead atoms. The Bertz CT molecular complexity index is 480. The highest BCUT2D eigenvalue weighted by Gasteiger charge is 2.06. The minimum absolute atomic E-state index is 0.0796. The Morgan fingerprint density at radius 2 is 2.25 bits per heavy atom. The third-order valence-electron chi connectivity index (χ3n) is 2.92. The standard InChI is InChI=1S/C15H21N3O2/c1-12(19)6-8-18(2)9-7-15(20)17-14-5-3-4-13(10-14)11-16/h3-5,10,12,19H,6-9H2,1-2H3,(H,17,20). The van der Waals surface area contributed by atoms with Gasteiger partial charge < -0.3 is 15.3 Å². The second-order valence-corrected chi connectivity index (χ2v) is 4.93. The molecule has 0 radical (unpaired) electrons. The fraction of sp³-hybridized carbons (Fsp3) is 0.467. The first kappa shape index (κ1) is 16.2. The fourth-order valence-corrected chi connectivity index (χ4v) is 1.70. The van der Waals surface area contributed by atoms with E-state index in [0.29, 0.717) is 30.6 Å². The lowest BCUT2D eigenvalue weighted by Gasteiger charge is -2.17. The van der Waals surface area contributed by atoms with Crippen LogP contribution in [-0.4, -0.2) is 42.2 Å². The molecule has 0 saturated heterocycles. The van der Waals surface area contributed by atoms with E-state index in [1.165, 1.54) is 0 Å². The smallest absolute Gasteiger partial charge is 0.225 e. The summed E-state index contributed by atoms with van der Waals surface area (Å²) in [7, 11) is 1.92. The first-order valence-corrected chi connectivity index (χ1v) is 6.68. The first-order chi connectivity index (χ1) is 9.51. The molecule has 0 aliphatic heterocycles. The van der Waals surface area contributed by atoms with E-state index in [0.717, 1.165) is 6.54 Å². The zero-order valence-electron chi connectivity index (χ0n) is 12.0. The van der Waals surface area contributed by atoms with Crippen molar-refractivity contribution in [3.05, 3.63) is 29.8 Å². The highest BCUT2D eigenvalue weighted by Crippen LogP contribution is 2.10. The fourth-order valence-electron chi connectivity index (χ4n) is 1.70. The second kappa shape index (κ2) is 8.31. The van der Waals surface area contributed by atoms with Crippen LogP contribution in [0.5, 0.6) is 0 Å². The van der Waals surface area contributed by atoms with Gasteiger partial charge in [0.05, 0.1) is 17.7 Å². The van der Waals surface area contributed by atoms with E-state index in [2.05, 4.69) is 5.32 Å². The molecule has 0 heterocycles. The number of carbonyl (C=O) groups excluding carboxylic acids is 1. The molecule has 2 N–H and O–H groups in total. The molecule has 1 rings (SSSR count). The Morgan fingerprint density at radius 1 is 1.50 bits per heavy atom. The second-order valence-electron chi connectivity index (χ2n) is 4.93. The molecule has 0 aromatic heterocycles. The van der Waals surface area contributed by atoms with Crippen molar-refractivity contribution in [2.75, 3.05) is 25.5 Å². The molecule has 108 valence electrons. The van der Waals surface area contributed by atoms with Gasteiger partial charge in [0.15, 0.2) is 0 Å². The minimum atomic E-state index is -0.319. The predicted molar refractivity (Wildman–Crippen MR) is 78.2 cm³/mol. The van der Waals surface area contributed by atoms with Gasteiger partial charge in [0.2, 0.25) is 5.91 Å². The molecule has 1 atom stereocenters. The Morgan fingerprint density at radius 3 is 2.90 bits per heavy atom. The Balaban J connectivity index is 2.34. The van der Waals surface area contributed by atoms with Gasteiger partial charge in [0.1, 0.15) is 0 Å². The van der Waals surface area contributed by atoms with Crippen LogP contribution in [0, 0.1) is 11.3 Å². The summed E-state index contributed by atoms with van der Waals surface area (Å²) in [5.41, 5.74) is 1.16. The summed E-state index contributed by atoms with van der Waals surface area (Å²) in [5.74, 6) is -0.0796. The molecule has 1 unspecified atom stereocenters. The van der Waals surface area contributed by atoms with Gasteiger partial charge in [0.25, 0.3) is 0 Å². The molecular weight excluding hydrogens is 254 g/mol. The third-order valence-corrected chi connectivity index (χ3v) is 2.92. The van der Waals surface area contributed by atoms with Crippen LogP contribution in [0.15, 0.2) is 24.3 Å². The molecule has 0 aliphatic carbocycles. The number of anilines is 1. The minimum Gasteiger partial charge on any atom is -0.393 e. The van der Waals surface area contributed by atoms with E-state index in [1.807, 2.05) is 18.0 Å². The Labute approximate surface area is 119 Å². The molecule has 0 aliphatic rings. The van der Waals surface area contributed by atoms with Crippen molar-refractivity contribution in [2.24, 2.45) is 0 Å². The van der Waals surface area contributed by atoms with E-state index in [4.69, 9.17) is 5.26 Å². The quantitative estimate of drug-likeness (QED) is 0.792. The number of aliphatic hydroxyl groups is 1. The number of aliphatic hydroxyl groups excluding tert-OH is 1. The maximum absolute atomic E-state index is 11.8. The van der Waals surface area contributed by atoms with Gasteiger partial charge in [-0.25, -0.2) is 0 Å². The molecule has 5 nitrogen and oxygen atoms in total. The molecule has 1 aromatic carbocycles. The van der Waals surface area contributed by atoms with Gasteiger partial charge >= 0.3 is 0 Å². The van der Waals surface area contributed by atoms with Gasteiger partial charge in [-0.1, -0.05) is 6.07 Å². The topological polar surface area (TPSA) is 76.4 Å². The summed E-state index contributed by atoms with van der Waals surface area (Å²) in [6, 6.07) is 8.88. The van der Waals surface area contributed by atoms with E-state index < -0.39 is 0 Å². The SMILES string of the molecule is CC(O)CCN(C)CCC(=O)Nc1cccc(C#N)c1. The monoisotopic (exact) mass is 275 g/mol. The number of benzene rings is 1. The molecule has 0 fully saturated rings. The summed E-state index contributed by atoms with van der Waals surface area (Å²) < 4.78 is 0. The van der Waals surface area contributed by atoms with E-state index >= 15 is 0 Å². The van der Waals surface area contributed by atoms with Gasteiger partial charge in [0, 0.05) is 25.2 Å². The van der Waals surface area contributed by atoms with Crippen LogP contribution in [0.4, 0.5) is 5.69 Å². The van der Waals surface area contributed by atoms with Crippen LogP contribution >= 0.6 is 0 Å². The lowest BCUT2D eigenvalue weighted by atomic mass is 10.2. The number of carbonyl (C=O) groups is 1. The highest BCUT2D eigenvalue weighted by atomic mass is 16.3. The predicted octanol–water partition coefficient (Wildman–Crippen LogP) is 1.59. The molecular formula is C15H21N3O2. The van der Waals surface area contributed by atoms with Crippen molar-refractivity contribution in [3.63, 3.8) is 0 Å². The number of nitrogens with zero attached hydrogens (tertiary/aromatic N) is 2. The number of nitriles is 1. The van der Waals surface area contributed by atoms with Gasteiger partial charge in [-0.3, -0.25) is 4.79 Å². The average Bonchev–Trinajstić information content (AvgIpc) is 2.43. The molecule has 0 spiro atoms. The maximum atomic E-state index is 11.8. The average molecular weight is 275 g/mol. The van der Waals surface area contributed by atoms with Crippen LogP contribution < -0.4 is 5.32 Å². The largest absolute Gasteiger partial charge is 0.393 e. The number of nitrogens with one attached hydrogen (secondary N) is 1. The van der Waals surface area contributed by atoms with E-state index in [-0.39, 0.29) is 12.0 Å². The van der Waals surface area contributed by atoms with E-state index in [1.54, 1.807) is 31.2 Å². The molecule has 20 heavy (non-hydrogen) atoms. The normalized spacial score (nSPS) is 11.9. The first-order valence-electron chi connectivity index (χ1n) is 6.68. The van der Waals surface area contributed by atoms with Crippen molar-refractivity contribution >= 4 is 11.6 Å². The van der Waals surface area contributed by atoms with E-state index in [9.17, 15) is 9.90 Å². The lowest BCUT2D eigenvalue weighted by Crippen LogP contribution is -2.26. The zero-order valence-corrected chi connectivity index (χ0v) is 12.0. The molecule has 5 heteroatoms. The van der Waals surface area contributed by atoms with Crippen molar-refractivity contribution < 1.29 is 9.90 Å². The maximum Gasteiger partial charge on any atom is 0.225 e. The van der Waals surface area contributed by atoms with Crippen LogP contribution in [-0.2, 0) is 4.79 Å². The number of hydrogen-bond acceptors (Lipinski definition) is 4. The van der Waals surface area contributed by atoms with Gasteiger partial charge in [-0.15, -0.1) is 0 Å². The number of amides is 1. The Hall–Kier alpha value is -1.90.